The van der Waals surface area contributed by atoms with E-state index < -0.39 is 23.2 Å². The third kappa shape index (κ3) is 6.74. The molecule has 0 unspecified atom stereocenters. The lowest BCUT2D eigenvalue weighted by atomic mass is 9.80. The van der Waals surface area contributed by atoms with Gasteiger partial charge in [0.2, 0.25) is 0 Å². The molecular weight excluding hydrogens is 400 g/mol. The van der Waals surface area contributed by atoms with E-state index in [1.807, 2.05) is 0 Å². The molecule has 0 aromatic heterocycles. The number of benzene rings is 1. The van der Waals surface area contributed by atoms with Crippen molar-refractivity contribution < 1.29 is 23.0 Å². The Bertz CT molecular complexity index is 752. The molecule has 4 nitrogen and oxygen atoms in total. The molecule has 0 radical (unpaired) electrons. The zero-order valence-electron chi connectivity index (χ0n) is 18.4. The number of esters is 1. The van der Waals surface area contributed by atoms with Gasteiger partial charge in [-0.1, -0.05) is 39.0 Å². The zero-order valence-corrected chi connectivity index (χ0v) is 18.4. The fourth-order valence-corrected chi connectivity index (χ4v) is 4.83. The largest absolute Gasteiger partial charge is 0.426 e. The van der Waals surface area contributed by atoms with Crippen LogP contribution in [0.25, 0.3) is 0 Å². The van der Waals surface area contributed by atoms with Crippen molar-refractivity contribution in [3.8, 4) is 11.8 Å². The van der Waals surface area contributed by atoms with Gasteiger partial charge >= 0.3 is 5.97 Å². The van der Waals surface area contributed by atoms with Crippen LogP contribution in [-0.2, 0) is 9.53 Å². The molecule has 1 aromatic rings. The van der Waals surface area contributed by atoms with Crippen molar-refractivity contribution in [3.63, 3.8) is 0 Å². The summed E-state index contributed by atoms with van der Waals surface area (Å²) in [5, 5.41) is 8.72. The van der Waals surface area contributed by atoms with Crippen molar-refractivity contribution in [2.75, 3.05) is 6.61 Å². The van der Waals surface area contributed by atoms with E-state index in [1.54, 1.807) is 0 Å². The highest BCUT2D eigenvalue weighted by Crippen LogP contribution is 2.34. The van der Waals surface area contributed by atoms with Crippen molar-refractivity contribution >= 4 is 5.97 Å². The van der Waals surface area contributed by atoms with E-state index >= 15 is 0 Å². The molecule has 0 atom stereocenters. The van der Waals surface area contributed by atoms with E-state index in [0.29, 0.717) is 18.8 Å². The molecule has 0 heterocycles. The van der Waals surface area contributed by atoms with Crippen molar-refractivity contribution in [2.24, 2.45) is 17.8 Å². The van der Waals surface area contributed by atoms with E-state index in [1.165, 1.54) is 51.0 Å². The van der Waals surface area contributed by atoms with Gasteiger partial charge in [0.15, 0.2) is 0 Å². The summed E-state index contributed by atoms with van der Waals surface area (Å²) in [6.45, 7) is 3.06. The van der Waals surface area contributed by atoms with Gasteiger partial charge in [0.1, 0.15) is 29.0 Å². The number of hydrogen-bond acceptors (Lipinski definition) is 4. The fourth-order valence-electron chi connectivity index (χ4n) is 4.83. The first kappa shape index (κ1) is 23.7. The molecule has 2 saturated carbocycles. The molecule has 0 saturated heterocycles. The lowest BCUT2D eigenvalue weighted by Crippen LogP contribution is -2.30. The van der Waals surface area contributed by atoms with Crippen molar-refractivity contribution in [1.82, 2.24) is 0 Å². The highest BCUT2D eigenvalue weighted by Gasteiger charge is 2.29. The van der Waals surface area contributed by atoms with Crippen LogP contribution in [0.3, 0.4) is 0 Å². The van der Waals surface area contributed by atoms with E-state index in [9.17, 15) is 13.6 Å². The Morgan fingerprint density at radius 2 is 1.65 bits per heavy atom. The molecule has 0 amide bonds. The summed E-state index contributed by atoms with van der Waals surface area (Å²) in [6, 6.07) is 3.21. The van der Waals surface area contributed by atoms with Crippen LogP contribution in [0, 0.1) is 40.7 Å². The Morgan fingerprint density at radius 3 is 2.23 bits per heavy atom. The molecule has 2 aliphatic carbocycles. The maximum absolute atomic E-state index is 13.7. The van der Waals surface area contributed by atoms with Crippen LogP contribution in [0.2, 0.25) is 0 Å². The summed E-state index contributed by atoms with van der Waals surface area (Å²) in [5.41, 5.74) is -0.674. The zero-order chi connectivity index (χ0) is 22.2. The standard InChI is InChI=1S/C25H33F2NO3/c1-2-3-4-17-5-7-18(8-6-17)16-30-20-11-9-19(10-12-20)25(29)31-21-13-23(26)22(15-28)24(27)14-21/h13-14,17-20H,2-12,16H2,1H3/t17-,18-,19-,20-. The van der Waals surface area contributed by atoms with E-state index in [4.69, 9.17) is 14.7 Å². The molecule has 0 aliphatic heterocycles. The summed E-state index contributed by atoms with van der Waals surface area (Å²) in [7, 11) is 0. The van der Waals surface area contributed by atoms with Gasteiger partial charge in [-0.05, 0) is 50.4 Å². The quantitative estimate of drug-likeness (QED) is 0.356. The molecular formula is C25H33F2NO3. The third-order valence-electron chi connectivity index (χ3n) is 6.85. The molecule has 170 valence electrons. The summed E-state index contributed by atoms with van der Waals surface area (Å²) >= 11 is 0. The summed E-state index contributed by atoms with van der Waals surface area (Å²) < 4.78 is 38.7. The van der Waals surface area contributed by atoms with Gasteiger partial charge in [0.25, 0.3) is 0 Å². The van der Waals surface area contributed by atoms with Crippen LogP contribution in [0.15, 0.2) is 12.1 Å². The maximum Gasteiger partial charge on any atom is 0.314 e. The smallest absolute Gasteiger partial charge is 0.314 e. The van der Waals surface area contributed by atoms with E-state index in [0.717, 1.165) is 37.5 Å². The second kappa shape index (κ2) is 11.6. The number of carbonyl (C=O) groups is 1. The molecule has 2 aliphatic rings. The van der Waals surface area contributed by atoms with Crippen molar-refractivity contribution in [1.29, 1.82) is 5.26 Å². The average Bonchev–Trinajstić information content (AvgIpc) is 2.77. The van der Waals surface area contributed by atoms with Crippen LogP contribution < -0.4 is 4.74 Å². The number of nitriles is 1. The van der Waals surface area contributed by atoms with E-state index in [-0.39, 0.29) is 17.8 Å². The summed E-state index contributed by atoms with van der Waals surface area (Å²) in [6.07, 6.45) is 12.2. The van der Waals surface area contributed by atoms with Gasteiger partial charge < -0.3 is 9.47 Å². The average molecular weight is 434 g/mol. The Morgan fingerprint density at radius 1 is 1.03 bits per heavy atom. The molecule has 2 fully saturated rings. The summed E-state index contributed by atoms with van der Waals surface area (Å²) in [4.78, 5) is 12.4. The molecule has 31 heavy (non-hydrogen) atoms. The Labute approximate surface area is 183 Å². The van der Waals surface area contributed by atoms with Crippen molar-refractivity contribution in [3.05, 3.63) is 29.3 Å². The predicted octanol–water partition coefficient (Wildman–Crippen LogP) is 6.31. The molecule has 0 N–H and O–H groups in total. The number of rotatable bonds is 8. The van der Waals surface area contributed by atoms with Crippen LogP contribution in [0.5, 0.6) is 5.75 Å². The minimum atomic E-state index is -1.03. The number of unbranched alkanes of at least 4 members (excludes halogenated alkanes) is 1. The number of hydrogen-bond donors (Lipinski definition) is 0. The van der Waals surface area contributed by atoms with Gasteiger partial charge in [-0.15, -0.1) is 0 Å². The molecule has 0 spiro atoms. The number of carbonyl (C=O) groups excluding carboxylic acids is 1. The molecule has 6 heteroatoms. The SMILES string of the molecule is CCCC[C@H]1CC[C@H](CO[C@H]2CC[C@H](C(=O)Oc3cc(F)c(C#N)c(F)c3)CC2)CC1. The van der Waals surface area contributed by atoms with Gasteiger partial charge in [-0.3, -0.25) is 4.79 Å². The first-order chi connectivity index (χ1) is 15.0. The monoisotopic (exact) mass is 433 g/mol. The topological polar surface area (TPSA) is 59.3 Å². The molecule has 1 aromatic carbocycles. The van der Waals surface area contributed by atoms with Gasteiger partial charge in [0.05, 0.1) is 12.0 Å². The minimum absolute atomic E-state index is 0.173. The second-order valence-electron chi connectivity index (χ2n) is 9.13. The fraction of sp³-hybridized carbons (Fsp3) is 0.680. The number of ether oxygens (including phenoxy) is 2. The highest BCUT2D eigenvalue weighted by atomic mass is 19.1. The number of halogens is 2. The van der Waals surface area contributed by atoms with Crippen LogP contribution in [0.1, 0.15) is 83.1 Å². The van der Waals surface area contributed by atoms with Gasteiger partial charge in [0, 0.05) is 18.7 Å². The van der Waals surface area contributed by atoms with Gasteiger partial charge in [-0.25, -0.2) is 8.78 Å². The number of nitrogens with zero attached hydrogens (tertiary/aromatic N) is 1. The molecule has 0 bridgehead atoms. The Balaban J connectivity index is 1.37. The first-order valence-electron chi connectivity index (χ1n) is 11.7. The van der Waals surface area contributed by atoms with Crippen LogP contribution in [0.4, 0.5) is 8.78 Å². The van der Waals surface area contributed by atoms with Gasteiger partial charge in [-0.2, -0.15) is 5.26 Å². The lowest BCUT2D eigenvalue weighted by molar-refractivity contribution is -0.141. The Kier molecular flexibility index (Phi) is 8.83. The maximum atomic E-state index is 13.7. The van der Waals surface area contributed by atoms with Crippen LogP contribution >= 0.6 is 0 Å². The first-order valence-corrected chi connectivity index (χ1v) is 11.7. The summed E-state index contributed by atoms with van der Waals surface area (Å²) in [5.74, 6) is -1.48. The Hall–Kier alpha value is -2.00. The minimum Gasteiger partial charge on any atom is -0.426 e. The highest BCUT2D eigenvalue weighted by molar-refractivity contribution is 5.75. The second-order valence-corrected chi connectivity index (χ2v) is 9.13. The van der Waals surface area contributed by atoms with Crippen LogP contribution in [-0.4, -0.2) is 18.7 Å². The molecule has 3 rings (SSSR count). The normalized spacial score (nSPS) is 26.3. The predicted molar refractivity (Wildman–Crippen MR) is 113 cm³/mol. The van der Waals surface area contributed by atoms with E-state index in [2.05, 4.69) is 6.92 Å². The third-order valence-corrected chi connectivity index (χ3v) is 6.85. The van der Waals surface area contributed by atoms with Crippen molar-refractivity contribution in [2.45, 2.75) is 83.7 Å². The lowest BCUT2D eigenvalue weighted by Gasteiger charge is -2.31.